The van der Waals surface area contributed by atoms with Crippen molar-refractivity contribution in [1.29, 1.82) is 0 Å². The largest absolute Gasteiger partial charge is 0.496 e. The molecule has 30 heavy (non-hydrogen) atoms. The lowest BCUT2D eigenvalue weighted by molar-refractivity contribution is -0.133. The van der Waals surface area contributed by atoms with E-state index < -0.39 is 5.54 Å². The quantitative estimate of drug-likeness (QED) is 0.589. The van der Waals surface area contributed by atoms with E-state index >= 15 is 0 Å². The minimum Gasteiger partial charge on any atom is -0.496 e. The summed E-state index contributed by atoms with van der Waals surface area (Å²) in [7, 11) is 3.19. The first-order valence-corrected chi connectivity index (χ1v) is 10.7. The molecule has 158 valence electrons. The topological polar surface area (TPSA) is 72.8 Å². The highest BCUT2D eigenvalue weighted by Gasteiger charge is 2.47. The number of nitrogens with zero attached hydrogens (tertiary/aromatic N) is 2. The Hall–Kier alpha value is -2.84. The predicted molar refractivity (Wildman–Crippen MR) is 116 cm³/mol. The van der Waals surface area contributed by atoms with Crippen molar-refractivity contribution in [3.8, 4) is 5.75 Å². The summed E-state index contributed by atoms with van der Waals surface area (Å²) in [6, 6.07) is 11.5. The Morgan fingerprint density at radius 2 is 2.07 bits per heavy atom. The van der Waals surface area contributed by atoms with Crippen molar-refractivity contribution in [2.75, 3.05) is 27.4 Å². The van der Waals surface area contributed by atoms with Gasteiger partial charge in [-0.25, -0.2) is 0 Å². The lowest BCUT2D eigenvalue weighted by Gasteiger charge is -2.44. The lowest BCUT2D eigenvalue weighted by atomic mass is 9.93. The van der Waals surface area contributed by atoms with Crippen molar-refractivity contribution in [3.63, 3.8) is 0 Å². The van der Waals surface area contributed by atoms with E-state index in [1.165, 1.54) is 0 Å². The van der Waals surface area contributed by atoms with Crippen molar-refractivity contribution in [1.82, 2.24) is 14.8 Å². The van der Waals surface area contributed by atoms with Crippen molar-refractivity contribution in [3.05, 3.63) is 53.0 Å². The van der Waals surface area contributed by atoms with Gasteiger partial charge in [0.05, 0.1) is 26.8 Å². The van der Waals surface area contributed by atoms with Crippen LogP contribution in [0.3, 0.4) is 0 Å². The van der Waals surface area contributed by atoms with Crippen LogP contribution in [0.1, 0.15) is 23.0 Å². The molecule has 1 unspecified atom stereocenters. The molecule has 1 aliphatic rings. The Balaban J connectivity index is 1.76. The van der Waals surface area contributed by atoms with Gasteiger partial charge < -0.3 is 24.3 Å². The maximum atomic E-state index is 13.6. The van der Waals surface area contributed by atoms with E-state index in [1.54, 1.807) is 30.5 Å². The van der Waals surface area contributed by atoms with Gasteiger partial charge in [0, 0.05) is 24.6 Å². The maximum absolute atomic E-state index is 13.6. The van der Waals surface area contributed by atoms with Crippen LogP contribution < -0.4 is 10.1 Å². The molecule has 4 rings (SSSR count). The number of benzene rings is 1. The van der Waals surface area contributed by atoms with E-state index in [2.05, 4.69) is 5.32 Å². The molecule has 8 heteroatoms. The molecule has 2 aromatic heterocycles. The first-order chi connectivity index (χ1) is 14.5. The number of nitrogens with one attached hydrogen (secondary N) is 1. The Kier molecular flexibility index (Phi) is 5.53. The van der Waals surface area contributed by atoms with Gasteiger partial charge in [-0.3, -0.25) is 9.59 Å². The van der Waals surface area contributed by atoms with Crippen LogP contribution in [-0.2, 0) is 22.6 Å². The van der Waals surface area contributed by atoms with E-state index in [1.807, 2.05) is 53.3 Å². The number of fused-ring (bicyclic) bond motifs is 3. The minimum atomic E-state index is -1.06. The number of thiophene rings is 1. The van der Waals surface area contributed by atoms with Gasteiger partial charge in [-0.1, -0.05) is 18.2 Å². The summed E-state index contributed by atoms with van der Waals surface area (Å²) in [6.45, 7) is 3.27. The lowest BCUT2D eigenvalue weighted by Crippen LogP contribution is -2.63. The second-order valence-electron chi connectivity index (χ2n) is 7.52. The maximum Gasteiger partial charge on any atom is 0.271 e. The molecule has 3 aromatic rings. The molecule has 1 N–H and O–H groups in total. The number of amides is 2. The van der Waals surface area contributed by atoms with Crippen molar-refractivity contribution >= 4 is 33.4 Å². The molecule has 0 radical (unpaired) electrons. The van der Waals surface area contributed by atoms with Gasteiger partial charge in [-0.05, 0) is 30.5 Å². The van der Waals surface area contributed by atoms with E-state index in [0.717, 1.165) is 15.8 Å². The summed E-state index contributed by atoms with van der Waals surface area (Å²) >= 11 is 1.58. The van der Waals surface area contributed by atoms with E-state index in [-0.39, 0.29) is 18.4 Å². The molecule has 0 bridgehead atoms. The number of rotatable bonds is 7. The predicted octanol–water partition coefficient (Wildman–Crippen LogP) is 2.89. The van der Waals surface area contributed by atoms with Crippen LogP contribution in [0.2, 0.25) is 0 Å². The smallest absolute Gasteiger partial charge is 0.271 e. The highest BCUT2D eigenvalue weighted by atomic mass is 32.1. The fraction of sp³-hybridized carbons (Fsp3) is 0.364. The van der Waals surface area contributed by atoms with Gasteiger partial charge in [0.15, 0.2) is 0 Å². The zero-order valence-corrected chi connectivity index (χ0v) is 18.1. The van der Waals surface area contributed by atoms with Gasteiger partial charge in [0.1, 0.15) is 21.8 Å². The van der Waals surface area contributed by atoms with E-state index in [9.17, 15) is 9.59 Å². The summed E-state index contributed by atoms with van der Waals surface area (Å²) in [4.78, 5) is 29.6. The molecule has 0 aliphatic carbocycles. The Morgan fingerprint density at radius 1 is 1.27 bits per heavy atom. The van der Waals surface area contributed by atoms with Crippen LogP contribution in [0.15, 0.2) is 41.8 Å². The van der Waals surface area contributed by atoms with Crippen molar-refractivity contribution < 1.29 is 19.1 Å². The zero-order valence-electron chi connectivity index (χ0n) is 17.3. The number of carbonyl (C=O) groups is 2. The number of hydrogen-bond donors (Lipinski definition) is 1. The molecule has 2 amide bonds. The molecule has 7 nitrogen and oxygen atoms in total. The molecular weight excluding hydrogens is 402 g/mol. The van der Waals surface area contributed by atoms with E-state index in [4.69, 9.17) is 9.47 Å². The number of aromatic nitrogens is 1. The molecule has 0 saturated heterocycles. The van der Waals surface area contributed by atoms with E-state index in [0.29, 0.717) is 31.1 Å². The van der Waals surface area contributed by atoms with Gasteiger partial charge in [0.2, 0.25) is 5.91 Å². The third-order valence-electron chi connectivity index (χ3n) is 5.63. The summed E-state index contributed by atoms with van der Waals surface area (Å²) in [6.07, 6.45) is 0. The zero-order chi connectivity index (χ0) is 21.3. The average molecular weight is 428 g/mol. The fourth-order valence-electron chi connectivity index (χ4n) is 3.97. The standard InChI is InChI=1S/C22H25N3O4S/c1-22(21(27)23-9-10-28-2)14-24-17(12-15-8-11-30-20(15)24)19(26)25(22)13-16-6-4-5-7-18(16)29-3/h4-8,11-12H,9-10,13-14H2,1-3H3,(H,23,27). The third-order valence-corrected chi connectivity index (χ3v) is 6.58. The number of carbonyl (C=O) groups excluding carboxylic acids is 2. The molecule has 0 spiro atoms. The van der Waals surface area contributed by atoms with Crippen LogP contribution in [-0.4, -0.2) is 54.2 Å². The number of hydrogen-bond acceptors (Lipinski definition) is 5. The molecule has 3 heterocycles. The normalized spacial score (nSPS) is 18.5. The molecule has 1 aliphatic heterocycles. The Labute approximate surface area is 179 Å². The van der Waals surface area contributed by atoms with Crippen LogP contribution in [0.25, 0.3) is 10.2 Å². The van der Waals surface area contributed by atoms with Gasteiger partial charge in [0.25, 0.3) is 5.91 Å². The average Bonchev–Trinajstić information content (AvgIpc) is 3.34. The van der Waals surface area contributed by atoms with Crippen molar-refractivity contribution in [2.24, 2.45) is 0 Å². The second-order valence-corrected chi connectivity index (χ2v) is 8.42. The summed E-state index contributed by atoms with van der Waals surface area (Å²) in [5, 5.41) is 5.94. The van der Waals surface area contributed by atoms with Gasteiger partial charge >= 0.3 is 0 Å². The minimum absolute atomic E-state index is 0.167. The molecule has 1 atom stereocenters. The first kappa shape index (κ1) is 20.4. The summed E-state index contributed by atoms with van der Waals surface area (Å²) in [5.74, 6) is 0.321. The van der Waals surface area contributed by atoms with Gasteiger partial charge in [-0.15, -0.1) is 11.3 Å². The Morgan fingerprint density at radius 3 is 2.83 bits per heavy atom. The number of methoxy groups -OCH3 is 2. The molecule has 0 saturated carbocycles. The van der Waals surface area contributed by atoms with Crippen LogP contribution >= 0.6 is 11.3 Å². The molecule has 0 fully saturated rings. The number of para-hydroxylation sites is 1. The summed E-state index contributed by atoms with van der Waals surface area (Å²) < 4.78 is 12.5. The fourth-order valence-corrected chi connectivity index (χ4v) is 4.86. The van der Waals surface area contributed by atoms with Crippen molar-refractivity contribution in [2.45, 2.75) is 25.6 Å². The second kappa shape index (κ2) is 8.12. The highest BCUT2D eigenvalue weighted by Crippen LogP contribution is 2.36. The van der Waals surface area contributed by atoms with Crippen LogP contribution in [0.4, 0.5) is 0 Å². The third kappa shape index (κ3) is 3.36. The first-order valence-electron chi connectivity index (χ1n) is 9.77. The number of ether oxygens (including phenoxy) is 2. The molecular formula is C22H25N3O4S. The highest BCUT2D eigenvalue weighted by molar-refractivity contribution is 7.16. The Bertz CT molecular complexity index is 1090. The monoisotopic (exact) mass is 427 g/mol. The SMILES string of the molecule is COCCNC(=O)C1(C)Cn2c(cc3ccsc32)C(=O)N1Cc1ccccc1OC. The summed E-state index contributed by atoms with van der Waals surface area (Å²) in [5.41, 5.74) is 0.397. The van der Waals surface area contributed by atoms with Crippen LogP contribution in [0.5, 0.6) is 5.75 Å². The van der Waals surface area contributed by atoms with Gasteiger partial charge in [-0.2, -0.15) is 0 Å². The van der Waals surface area contributed by atoms with Crippen LogP contribution in [0, 0.1) is 0 Å². The molecule has 1 aromatic carbocycles.